The molecule has 0 aromatic heterocycles. The molecule has 0 amide bonds. The molecular formula is C34H62O6. The van der Waals surface area contributed by atoms with E-state index in [0.717, 1.165) is 51.4 Å². The van der Waals surface area contributed by atoms with Crippen LogP contribution >= 0.6 is 0 Å². The van der Waals surface area contributed by atoms with Crippen LogP contribution in [0, 0.1) is 0 Å². The zero-order valence-corrected chi connectivity index (χ0v) is 26.5. The Hall–Kier alpha value is -1.14. The summed E-state index contributed by atoms with van der Waals surface area (Å²) in [6, 6.07) is 0. The van der Waals surface area contributed by atoms with Crippen molar-refractivity contribution in [3.05, 3.63) is 0 Å². The van der Waals surface area contributed by atoms with E-state index in [2.05, 4.69) is 13.8 Å². The van der Waals surface area contributed by atoms with Gasteiger partial charge in [0.1, 0.15) is 12.2 Å². The van der Waals surface area contributed by atoms with Crippen LogP contribution < -0.4 is 0 Å². The van der Waals surface area contributed by atoms with Gasteiger partial charge in [0, 0.05) is 13.8 Å². The van der Waals surface area contributed by atoms with Crippen molar-refractivity contribution in [2.45, 2.75) is 206 Å². The number of carbonyl (C=O) groups excluding carboxylic acids is 2. The molecule has 0 aliphatic carbocycles. The van der Waals surface area contributed by atoms with Gasteiger partial charge in [0.05, 0.1) is 24.4 Å². The fourth-order valence-corrected chi connectivity index (χ4v) is 6.50. The first-order valence-corrected chi connectivity index (χ1v) is 17.1. The molecule has 40 heavy (non-hydrogen) atoms. The minimum atomic E-state index is -0.223. The van der Waals surface area contributed by atoms with Gasteiger partial charge in [0.15, 0.2) is 0 Å². The lowest BCUT2D eigenvalue weighted by Gasteiger charge is -2.27. The highest BCUT2D eigenvalue weighted by Gasteiger charge is 2.42. The number of ether oxygens (including phenoxy) is 4. The average Bonchev–Trinajstić information content (AvgIpc) is 3.60. The minimum Gasteiger partial charge on any atom is -0.460 e. The number of carbonyl (C=O) groups is 2. The van der Waals surface area contributed by atoms with Crippen LogP contribution in [0.25, 0.3) is 0 Å². The second-order valence-electron chi connectivity index (χ2n) is 12.4. The maximum Gasteiger partial charge on any atom is 0.302 e. The summed E-state index contributed by atoms with van der Waals surface area (Å²) in [6.45, 7) is 7.50. The molecule has 0 N–H and O–H groups in total. The molecule has 2 aliphatic rings. The topological polar surface area (TPSA) is 71.1 Å². The molecule has 2 rings (SSSR count). The summed E-state index contributed by atoms with van der Waals surface area (Å²) in [7, 11) is 0. The van der Waals surface area contributed by atoms with Gasteiger partial charge in [-0.25, -0.2) is 0 Å². The van der Waals surface area contributed by atoms with Crippen molar-refractivity contribution in [1.82, 2.24) is 0 Å². The van der Waals surface area contributed by atoms with Gasteiger partial charge in [-0.15, -0.1) is 0 Å². The number of hydrogen-bond acceptors (Lipinski definition) is 6. The quantitative estimate of drug-likeness (QED) is 0.0908. The van der Waals surface area contributed by atoms with Crippen molar-refractivity contribution < 1.29 is 28.5 Å². The summed E-state index contributed by atoms with van der Waals surface area (Å²) < 4.78 is 24.4. The Morgan fingerprint density at radius 2 is 0.875 bits per heavy atom. The summed E-state index contributed by atoms with van der Waals surface area (Å²) in [5.74, 6) is -0.446. The number of unbranched alkanes of at least 4 members (excludes halogenated alkanes) is 14. The van der Waals surface area contributed by atoms with Crippen molar-refractivity contribution in [3.8, 4) is 0 Å². The van der Waals surface area contributed by atoms with E-state index in [1.54, 1.807) is 0 Å². The van der Waals surface area contributed by atoms with Gasteiger partial charge >= 0.3 is 11.9 Å². The van der Waals surface area contributed by atoms with E-state index in [0.29, 0.717) is 0 Å². The standard InChI is InChI=1S/C34H62O6/c1-5-7-9-11-13-15-17-19-21-29(37-27(3)35)31-23-25-33(39-31)34-26-24-32(40-34)30(38-28(4)36)22-20-18-16-14-12-10-8-6-2/h29-34H,5-26H2,1-4H3/t29-,30+,31-,32+,33+,34-. The summed E-state index contributed by atoms with van der Waals surface area (Å²) in [5.41, 5.74) is 0. The van der Waals surface area contributed by atoms with Crippen molar-refractivity contribution >= 4 is 11.9 Å². The number of rotatable bonds is 23. The first-order chi connectivity index (χ1) is 19.4. The van der Waals surface area contributed by atoms with Crippen LogP contribution in [-0.2, 0) is 28.5 Å². The van der Waals surface area contributed by atoms with Crippen LogP contribution in [0.1, 0.15) is 169 Å². The molecule has 6 heteroatoms. The van der Waals surface area contributed by atoms with E-state index in [9.17, 15) is 9.59 Å². The summed E-state index contributed by atoms with van der Waals surface area (Å²) in [5, 5.41) is 0. The van der Waals surface area contributed by atoms with Crippen molar-refractivity contribution in [2.75, 3.05) is 0 Å². The van der Waals surface area contributed by atoms with Crippen molar-refractivity contribution in [1.29, 1.82) is 0 Å². The van der Waals surface area contributed by atoms with E-state index in [4.69, 9.17) is 18.9 Å². The second kappa shape index (κ2) is 21.5. The predicted octanol–water partition coefficient (Wildman–Crippen LogP) is 9.01. The lowest BCUT2D eigenvalue weighted by atomic mass is 10.00. The number of hydrogen-bond donors (Lipinski definition) is 0. The van der Waals surface area contributed by atoms with Crippen LogP contribution in [0.4, 0.5) is 0 Å². The van der Waals surface area contributed by atoms with Crippen molar-refractivity contribution in [2.24, 2.45) is 0 Å². The first kappa shape index (κ1) is 35.1. The Bertz CT molecular complexity index is 611. The highest BCUT2D eigenvalue weighted by molar-refractivity contribution is 5.66. The van der Waals surface area contributed by atoms with E-state index in [-0.39, 0.29) is 48.6 Å². The molecule has 6 nitrogen and oxygen atoms in total. The summed E-state index contributed by atoms with van der Waals surface area (Å²) in [4.78, 5) is 23.7. The van der Waals surface area contributed by atoms with E-state index >= 15 is 0 Å². The third-order valence-electron chi connectivity index (χ3n) is 8.73. The van der Waals surface area contributed by atoms with Gasteiger partial charge < -0.3 is 18.9 Å². The lowest BCUT2D eigenvalue weighted by Crippen LogP contribution is -2.35. The molecule has 2 heterocycles. The molecule has 2 saturated heterocycles. The van der Waals surface area contributed by atoms with Gasteiger partial charge in [-0.05, 0) is 51.4 Å². The Morgan fingerprint density at radius 3 is 1.20 bits per heavy atom. The molecule has 0 radical (unpaired) electrons. The molecule has 0 aromatic carbocycles. The molecule has 234 valence electrons. The maximum absolute atomic E-state index is 11.8. The zero-order valence-electron chi connectivity index (χ0n) is 26.5. The van der Waals surface area contributed by atoms with Gasteiger partial charge in [-0.1, -0.05) is 104 Å². The zero-order chi connectivity index (χ0) is 29.0. The first-order valence-electron chi connectivity index (χ1n) is 17.1. The summed E-state index contributed by atoms with van der Waals surface area (Å²) >= 11 is 0. The minimum absolute atomic E-state index is 0.0210. The molecule has 0 bridgehead atoms. The van der Waals surface area contributed by atoms with Crippen LogP contribution in [0.5, 0.6) is 0 Å². The molecule has 0 unspecified atom stereocenters. The fraction of sp³-hybridized carbons (Fsp3) is 0.941. The Morgan fingerprint density at radius 1 is 0.550 bits per heavy atom. The average molecular weight is 567 g/mol. The predicted molar refractivity (Wildman–Crippen MR) is 161 cm³/mol. The molecule has 0 saturated carbocycles. The van der Waals surface area contributed by atoms with Crippen LogP contribution in [0.3, 0.4) is 0 Å². The highest BCUT2D eigenvalue weighted by atomic mass is 16.6. The van der Waals surface area contributed by atoms with Gasteiger partial charge in [0.25, 0.3) is 0 Å². The molecular weight excluding hydrogens is 504 g/mol. The van der Waals surface area contributed by atoms with Gasteiger partial charge in [0.2, 0.25) is 0 Å². The molecule has 0 spiro atoms. The molecule has 2 fully saturated rings. The molecule has 0 aromatic rings. The van der Waals surface area contributed by atoms with Crippen molar-refractivity contribution in [3.63, 3.8) is 0 Å². The number of esters is 2. The van der Waals surface area contributed by atoms with Crippen LogP contribution in [0.15, 0.2) is 0 Å². The Kier molecular flexibility index (Phi) is 18.9. The maximum atomic E-state index is 11.8. The van der Waals surface area contributed by atoms with E-state index in [1.165, 1.54) is 104 Å². The van der Waals surface area contributed by atoms with E-state index < -0.39 is 0 Å². The van der Waals surface area contributed by atoms with E-state index in [1.807, 2.05) is 0 Å². The van der Waals surface area contributed by atoms with Crippen LogP contribution in [0.2, 0.25) is 0 Å². The second-order valence-corrected chi connectivity index (χ2v) is 12.4. The SMILES string of the molecule is CCCCCCCCCC[C@H](OC(C)=O)[C@@H]1CC[C@H]([C@@H]2CC[C@H]([C@@H](CCCCCCCCCC)OC(C)=O)O2)O1. The van der Waals surface area contributed by atoms with Crippen LogP contribution in [-0.4, -0.2) is 48.6 Å². The smallest absolute Gasteiger partial charge is 0.302 e. The third kappa shape index (κ3) is 14.7. The molecule has 2 aliphatic heterocycles. The van der Waals surface area contributed by atoms with Gasteiger partial charge in [-0.2, -0.15) is 0 Å². The fourth-order valence-electron chi connectivity index (χ4n) is 6.50. The third-order valence-corrected chi connectivity index (χ3v) is 8.73. The molecule has 6 atom stereocenters. The Labute approximate surface area is 246 Å². The summed E-state index contributed by atoms with van der Waals surface area (Å²) in [6.07, 6.45) is 25.2. The lowest BCUT2D eigenvalue weighted by molar-refractivity contribution is -0.164. The normalized spacial score (nSPS) is 24.2. The largest absolute Gasteiger partial charge is 0.460 e. The monoisotopic (exact) mass is 566 g/mol. The highest BCUT2D eigenvalue weighted by Crippen LogP contribution is 2.36. The Balaban J connectivity index is 1.74. The van der Waals surface area contributed by atoms with Gasteiger partial charge in [-0.3, -0.25) is 9.59 Å².